The summed E-state index contributed by atoms with van der Waals surface area (Å²) in [6.45, 7) is 3.35. The van der Waals surface area contributed by atoms with Crippen molar-refractivity contribution in [2.24, 2.45) is 0 Å². The lowest BCUT2D eigenvalue weighted by atomic mass is 10.1. The first-order valence-electron chi connectivity index (χ1n) is 7.43. The molecule has 1 aliphatic heterocycles. The molecular formula is C16H19N3O2. The van der Waals surface area contributed by atoms with Crippen molar-refractivity contribution >= 4 is 16.8 Å². The van der Waals surface area contributed by atoms with Gasteiger partial charge in [-0.25, -0.2) is 4.98 Å². The van der Waals surface area contributed by atoms with Crippen molar-refractivity contribution in [2.45, 2.75) is 32.2 Å². The second-order valence-electron chi connectivity index (χ2n) is 5.54. The lowest BCUT2D eigenvalue weighted by Crippen LogP contribution is -2.41. The molecule has 5 nitrogen and oxygen atoms in total. The number of para-hydroxylation sites is 1. The average molecular weight is 285 g/mol. The summed E-state index contributed by atoms with van der Waals surface area (Å²) in [5.41, 5.74) is 0.509. The van der Waals surface area contributed by atoms with E-state index >= 15 is 0 Å². The molecule has 110 valence electrons. The molecule has 0 spiro atoms. The van der Waals surface area contributed by atoms with Crippen LogP contribution in [0.4, 0.5) is 0 Å². The van der Waals surface area contributed by atoms with Gasteiger partial charge in [0, 0.05) is 13.1 Å². The fourth-order valence-electron chi connectivity index (χ4n) is 2.86. The lowest BCUT2D eigenvalue weighted by Gasteiger charge is -2.29. The van der Waals surface area contributed by atoms with E-state index in [9.17, 15) is 9.59 Å². The molecule has 1 unspecified atom stereocenters. The zero-order chi connectivity index (χ0) is 14.8. The molecule has 0 radical (unpaired) electrons. The third kappa shape index (κ3) is 2.55. The summed E-state index contributed by atoms with van der Waals surface area (Å²) in [6.07, 6.45) is 4.75. The number of carbonyl (C=O) groups is 1. The molecule has 2 heterocycles. The Kier molecular flexibility index (Phi) is 3.73. The van der Waals surface area contributed by atoms with E-state index in [-0.39, 0.29) is 11.5 Å². The summed E-state index contributed by atoms with van der Waals surface area (Å²) in [6, 6.07) is 6.71. The largest absolute Gasteiger partial charge is 0.341 e. The van der Waals surface area contributed by atoms with Gasteiger partial charge < -0.3 is 4.90 Å². The minimum atomic E-state index is -0.507. The molecule has 1 saturated heterocycles. The van der Waals surface area contributed by atoms with Gasteiger partial charge in [0.25, 0.3) is 5.56 Å². The van der Waals surface area contributed by atoms with Gasteiger partial charge in [-0.15, -0.1) is 0 Å². The summed E-state index contributed by atoms with van der Waals surface area (Å²) >= 11 is 0. The van der Waals surface area contributed by atoms with Crippen molar-refractivity contribution in [1.29, 1.82) is 0 Å². The SMILES string of the molecule is CC(C(=O)N1CCCCC1)n1cnc2ccccc2c1=O. The Balaban J connectivity index is 1.94. The van der Waals surface area contributed by atoms with E-state index in [1.807, 2.05) is 17.0 Å². The Labute approximate surface area is 123 Å². The second kappa shape index (κ2) is 5.68. The van der Waals surface area contributed by atoms with E-state index in [0.717, 1.165) is 25.9 Å². The van der Waals surface area contributed by atoms with Crippen LogP contribution in [0.1, 0.15) is 32.2 Å². The van der Waals surface area contributed by atoms with Crippen molar-refractivity contribution in [3.05, 3.63) is 40.9 Å². The fourth-order valence-corrected chi connectivity index (χ4v) is 2.86. The van der Waals surface area contributed by atoms with Crippen LogP contribution < -0.4 is 5.56 Å². The van der Waals surface area contributed by atoms with Crippen LogP contribution in [0, 0.1) is 0 Å². The highest BCUT2D eigenvalue weighted by molar-refractivity contribution is 5.81. The van der Waals surface area contributed by atoms with E-state index < -0.39 is 6.04 Å². The normalized spacial score (nSPS) is 16.9. The summed E-state index contributed by atoms with van der Waals surface area (Å²) in [4.78, 5) is 31.2. The zero-order valence-corrected chi connectivity index (χ0v) is 12.2. The summed E-state index contributed by atoms with van der Waals surface area (Å²) in [5, 5.41) is 0.554. The maximum Gasteiger partial charge on any atom is 0.261 e. The van der Waals surface area contributed by atoms with Gasteiger partial charge in [-0.05, 0) is 38.3 Å². The highest BCUT2D eigenvalue weighted by atomic mass is 16.2. The van der Waals surface area contributed by atoms with Crippen LogP contribution in [0.15, 0.2) is 35.4 Å². The molecular weight excluding hydrogens is 266 g/mol. The highest BCUT2D eigenvalue weighted by Crippen LogP contribution is 2.15. The van der Waals surface area contributed by atoms with Gasteiger partial charge >= 0.3 is 0 Å². The third-order valence-corrected chi connectivity index (χ3v) is 4.13. The van der Waals surface area contributed by atoms with Crippen molar-refractivity contribution in [1.82, 2.24) is 14.5 Å². The predicted octanol–water partition coefficient (Wildman–Crippen LogP) is 1.97. The number of fused-ring (bicyclic) bond motifs is 1. The first-order valence-corrected chi connectivity index (χ1v) is 7.43. The number of piperidine rings is 1. The number of benzene rings is 1. The first kappa shape index (κ1) is 13.8. The van der Waals surface area contributed by atoms with E-state index in [4.69, 9.17) is 0 Å². The third-order valence-electron chi connectivity index (χ3n) is 4.13. The van der Waals surface area contributed by atoms with Gasteiger partial charge in [0.15, 0.2) is 0 Å². The van der Waals surface area contributed by atoms with Gasteiger partial charge in [-0.2, -0.15) is 0 Å². The van der Waals surface area contributed by atoms with Crippen LogP contribution in [0.25, 0.3) is 10.9 Å². The average Bonchev–Trinajstić information content (AvgIpc) is 2.55. The fraction of sp³-hybridized carbons (Fsp3) is 0.438. The number of hydrogen-bond acceptors (Lipinski definition) is 3. The molecule has 0 aliphatic carbocycles. The topological polar surface area (TPSA) is 55.2 Å². The molecule has 1 fully saturated rings. The van der Waals surface area contributed by atoms with Gasteiger partial charge in [-0.3, -0.25) is 14.2 Å². The van der Waals surface area contributed by atoms with Crippen molar-refractivity contribution in [3.63, 3.8) is 0 Å². The Morgan fingerprint density at radius 3 is 2.67 bits per heavy atom. The van der Waals surface area contributed by atoms with Crippen molar-refractivity contribution in [2.75, 3.05) is 13.1 Å². The van der Waals surface area contributed by atoms with Gasteiger partial charge in [0.1, 0.15) is 6.04 Å². The predicted molar refractivity (Wildman–Crippen MR) is 81.1 cm³/mol. The molecule has 5 heteroatoms. The van der Waals surface area contributed by atoms with Crippen LogP contribution in [0.2, 0.25) is 0 Å². The van der Waals surface area contributed by atoms with Gasteiger partial charge in [-0.1, -0.05) is 12.1 Å². The lowest BCUT2D eigenvalue weighted by molar-refractivity contribution is -0.135. The number of aromatic nitrogens is 2. The molecule has 0 N–H and O–H groups in total. The molecule has 0 bridgehead atoms. The molecule has 21 heavy (non-hydrogen) atoms. The minimum Gasteiger partial charge on any atom is -0.341 e. The van der Waals surface area contributed by atoms with E-state index in [2.05, 4.69) is 4.98 Å². The molecule has 1 atom stereocenters. The first-order chi connectivity index (χ1) is 10.2. The number of amides is 1. The van der Waals surface area contributed by atoms with Gasteiger partial charge in [0.05, 0.1) is 17.2 Å². The number of likely N-dealkylation sites (tertiary alicyclic amines) is 1. The van der Waals surface area contributed by atoms with E-state index in [1.165, 1.54) is 17.3 Å². The van der Waals surface area contributed by atoms with Gasteiger partial charge in [0.2, 0.25) is 5.91 Å². The van der Waals surface area contributed by atoms with E-state index in [1.54, 1.807) is 19.1 Å². The second-order valence-corrected chi connectivity index (χ2v) is 5.54. The zero-order valence-electron chi connectivity index (χ0n) is 12.2. The summed E-state index contributed by atoms with van der Waals surface area (Å²) < 4.78 is 1.44. The number of hydrogen-bond donors (Lipinski definition) is 0. The minimum absolute atomic E-state index is 0.00822. The van der Waals surface area contributed by atoms with Crippen molar-refractivity contribution < 1.29 is 4.79 Å². The van der Waals surface area contributed by atoms with Crippen LogP contribution in [-0.4, -0.2) is 33.4 Å². The maximum atomic E-state index is 12.5. The molecule has 0 saturated carbocycles. The molecule has 3 rings (SSSR count). The Bertz CT molecular complexity index is 717. The molecule has 2 aromatic rings. The standard InChI is InChI=1S/C16H19N3O2/c1-12(15(20)18-9-5-2-6-10-18)19-11-17-14-8-4-3-7-13(14)16(19)21/h3-4,7-8,11-12H,2,5-6,9-10H2,1H3. The maximum absolute atomic E-state index is 12.5. The molecule has 1 aromatic carbocycles. The Morgan fingerprint density at radius 2 is 1.90 bits per heavy atom. The van der Waals surface area contributed by atoms with Crippen LogP contribution in [0.3, 0.4) is 0 Å². The van der Waals surface area contributed by atoms with Crippen LogP contribution in [0.5, 0.6) is 0 Å². The molecule has 1 aromatic heterocycles. The molecule has 1 amide bonds. The quantitative estimate of drug-likeness (QED) is 0.847. The Morgan fingerprint density at radius 1 is 1.19 bits per heavy atom. The highest BCUT2D eigenvalue weighted by Gasteiger charge is 2.24. The Hall–Kier alpha value is -2.17. The van der Waals surface area contributed by atoms with Crippen molar-refractivity contribution in [3.8, 4) is 0 Å². The monoisotopic (exact) mass is 285 g/mol. The summed E-state index contributed by atoms with van der Waals surface area (Å²) in [5.74, 6) is 0.00822. The smallest absolute Gasteiger partial charge is 0.261 e. The van der Waals surface area contributed by atoms with Crippen LogP contribution in [-0.2, 0) is 4.79 Å². The molecule has 1 aliphatic rings. The summed E-state index contributed by atoms with van der Waals surface area (Å²) in [7, 11) is 0. The van der Waals surface area contributed by atoms with E-state index in [0.29, 0.717) is 10.9 Å². The van der Waals surface area contributed by atoms with Crippen LogP contribution >= 0.6 is 0 Å². The number of nitrogens with zero attached hydrogens (tertiary/aromatic N) is 3. The number of carbonyl (C=O) groups excluding carboxylic acids is 1. The number of rotatable bonds is 2.